The highest BCUT2D eigenvalue weighted by atomic mass is 16.4. The molecule has 2 N–H and O–H groups in total. The largest absolute Gasteiger partial charge is 0.407 e. The van der Waals surface area contributed by atoms with E-state index in [2.05, 4.69) is 20.8 Å². The second-order valence-electron chi connectivity index (χ2n) is 5.60. The highest BCUT2D eigenvalue weighted by Crippen LogP contribution is 2.17. The highest BCUT2D eigenvalue weighted by molar-refractivity contribution is 5.87. The van der Waals surface area contributed by atoms with Crippen molar-refractivity contribution in [3.63, 3.8) is 0 Å². The van der Waals surface area contributed by atoms with Crippen molar-refractivity contribution in [2.45, 2.75) is 44.6 Å². The molecule has 1 saturated carbocycles. The fourth-order valence-electron chi connectivity index (χ4n) is 2.71. The number of hydrogen-bond donors (Lipinski definition) is 2. The first-order chi connectivity index (χ1) is 10.8. The summed E-state index contributed by atoms with van der Waals surface area (Å²) < 4.78 is 5.45. The van der Waals surface area contributed by atoms with Crippen LogP contribution in [-0.4, -0.2) is 22.3 Å². The van der Waals surface area contributed by atoms with Crippen LogP contribution >= 0.6 is 0 Å². The first-order valence-electron chi connectivity index (χ1n) is 7.73. The molecule has 1 aliphatic carbocycles. The Hall–Kier alpha value is -2.37. The molecule has 116 valence electrons. The minimum absolute atomic E-state index is 0.138. The minimum atomic E-state index is -0.276. The Morgan fingerprint density at radius 2 is 1.91 bits per heavy atom. The summed E-state index contributed by atoms with van der Waals surface area (Å²) in [6.45, 7) is 0. The molecular formula is C16H20N4O2. The van der Waals surface area contributed by atoms with Crippen molar-refractivity contribution in [2.24, 2.45) is 0 Å². The number of benzene rings is 1. The lowest BCUT2D eigenvalue weighted by Gasteiger charge is -2.22. The third kappa shape index (κ3) is 4.07. The molecule has 0 atom stereocenters. The van der Waals surface area contributed by atoms with E-state index in [-0.39, 0.29) is 18.1 Å². The van der Waals surface area contributed by atoms with E-state index >= 15 is 0 Å². The van der Waals surface area contributed by atoms with Gasteiger partial charge in [0, 0.05) is 6.04 Å². The van der Waals surface area contributed by atoms with Crippen LogP contribution in [0.15, 0.2) is 34.7 Å². The van der Waals surface area contributed by atoms with E-state index < -0.39 is 0 Å². The zero-order valence-electron chi connectivity index (χ0n) is 12.4. The molecule has 0 saturated heterocycles. The SMILES string of the molecule is O=C(Nc1nnc(Cc2ccccc2)o1)NC1CCCCC1. The van der Waals surface area contributed by atoms with Crippen LogP contribution in [0.5, 0.6) is 0 Å². The van der Waals surface area contributed by atoms with Gasteiger partial charge in [0.1, 0.15) is 0 Å². The van der Waals surface area contributed by atoms with Gasteiger partial charge < -0.3 is 9.73 Å². The number of hydrogen-bond acceptors (Lipinski definition) is 4. The highest BCUT2D eigenvalue weighted by Gasteiger charge is 2.17. The number of nitrogens with one attached hydrogen (secondary N) is 2. The summed E-state index contributed by atoms with van der Waals surface area (Å²) in [4.78, 5) is 11.9. The molecule has 6 heteroatoms. The van der Waals surface area contributed by atoms with Gasteiger partial charge in [-0.25, -0.2) is 4.79 Å². The van der Waals surface area contributed by atoms with Gasteiger partial charge in [-0.1, -0.05) is 54.7 Å². The Morgan fingerprint density at radius 3 is 2.68 bits per heavy atom. The van der Waals surface area contributed by atoms with Gasteiger partial charge in [-0.3, -0.25) is 5.32 Å². The molecule has 22 heavy (non-hydrogen) atoms. The van der Waals surface area contributed by atoms with Gasteiger partial charge in [0.15, 0.2) is 0 Å². The lowest BCUT2D eigenvalue weighted by Crippen LogP contribution is -2.39. The number of carbonyl (C=O) groups excluding carboxylic acids is 1. The Balaban J connectivity index is 1.51. The monoisotopic (exact) mass is 300 g/mol. The number of nitrogens with zero attached hydrogens (tertiary/aromatic N) is 2. The van der Waals surface area contributed by atoms with Crippen molar-refractivity contribution in [1.29, 1.82) is 0 Å². The summed E-state index contributed by atoms with van der Waals surface area (Å²) in [5, 5.41) is 13.4. The summed E-state index contributed by atoms with van der Waals surface area (Å²) in [5.41, 5.74) is 1.09. The summed E-state index contributed by atoms with van der Waals surface area (Å²) in [5.74, 6) is 0.485. The molecule has 2 amide bonds. The molecule has 6 nitrogen and oxygen atoms in total. The van der Waals surface area contributed by atoms with Gasteiger partial charge in [0.05, 0.1) is 6.42 Å². The molecule has 1 aliphatic rings. The second-order valence-corrected chi connectivity index (χ2v) is 5.60. The summed E-state index contributed by atoms with van der Waals surface area (Å²) in [6, 6.07) is 9.98. The third-order valence-corrected chi connectivity index (χ3v) is 3.83. The lowest BCUT2D eigenvalue weighted by molar-refractivity contribution is 0.243. The van der Waals surface area contributed by atoms with E-state index in [9.17, 15) is 4.79 Å². The topological polar surface area (TPSA) is 80.1 Å². The van der Waals surface area contributed by atoms with Crippen LogP contribution in [0.25, 0.3) is 0 Å². The molecule has 1 aromatic carbocycles. The Morgan fingerprint density at radius 1 is 1.14 bits per heavy atom. The molecule has 0 aliphatic heterocycles. The predicted octanol–water partition coefficient (Wildman–Crippen LogP) is 3.11. The van der Waals surface area contributed by atoms with Crippen LogP contribution in [0.1, 0.15) is 43.6 Å². The van der Waals surface area contributed by atoms with Crippen molar-refractivity contribution in [2.75, 3.05) is 5.32 Å². The zero-order chi connectivity index (χ0) is 15.2. The van der Waals surface area contributed by atoms with E-state index in [0.29, 0.717) is 12.3 Å². The Kier molecular flexibility index (Phi) is 4.68. The van der Waals surface area contributed by atoms with Crippen LogP contribution < -0.4 is 10.6 Å². The lowest BCUT2D eigenvalue weighted by atomic mass is 9.96. The zero-order valence-corrected chi connectivity index (χ0v) is 12.4. The van der Waals surface area contributed by atoms with Crippen molar-refractivity contribution in [1.82, 2.24) is 15.5 Å². The maximum atomic E-state index is 11.9. The third-order valence-electron chi connectivity index (χ3n) is 3.83. The number of anilines is 1. The van der Waals surface area contributed by atoms with Gasteiger partial charge in [-0.05, 0) is 18.4 Å². The van der Waals surface area contributed by atoms with Crippen molar-refractivity contribution < 1.29 is 9.21 Å². The van der Waals surface area contributed by atoms with Crippen molar-refractivity contribution in [3.05, 3.63) is 41.8 Å². The number of aromatic nitrogens is 2. The molecule has 0 spiro atoms. The van der Waals surface area contributed by atoms with Crippen LogP contribution in [0.4, 0.5) is 10.8 Å². The Labute approximate surface area is 129 Å². The number of rotatable bonds is 4. The van der Waals surface area contributed by atoms with E-state index in [4.69, 9.17) is 4.42 Å². The van der Waals surface area contributed by atoms with Crippen molar-refractivity contribution >= 4 is 12.0 Å². The molecule has 1 heterocycles. The Bertz CT molecular complexity index is 606. The molecule has 3 rings (SSSR count). The van der Waals surface area contributed by atoms with Crippen LogP contribution in [0.3, 0.4) is 0 Å². The molecule has 1 fully saturated rings. The second kappa shape index (κ2) is 7.06. The smallest absolute Gasteiger partial charge is 0.323 e. The van der Waals surface area contributed by atoms with Gasteiger partial charge in [-0.15, -0.1) is 5.10 Å². The van der Waals surface area contributed by atoms with Gasteiger partial charge in [-0.2, -0.15) is 0 Å². The standard InChI is InChI=1S/C16H20N4O2/c21-15(17-13-9-5-2-6-10-13)18-16-20-19-14(22-16)11-12-7-3-1-4-8-12/h1,3-4,7-8,13H,2,5-6,9-11H2,(H2,17,18,20,21). The van der Waals surface area contributed by atoms with Gasteiger partial charge >= 0.3 is 12.0 Å². The quantitative estimate of drug-likeness (QED) is 0.909. The molecule has 1 aromatic heterocycles. The van der Waals surface area contributed by atoms with E-state index in [1.807, 2.05) is 30.3 Å². The fourth-order valence-corrected chi connectivity index (χ4v) is 2.71. The molecular weight excluding hydrogens is 280 g/mol. The molecule has 0 radical (unpaired) electrons. The summed E-state index contributed by atoms with van der Waals surface area (Å²) in [6.07, 6.45) is 6.23. The first-order valence-corrected chi connectivity index (χ1v) is 7.73. The average molecular weight is 300 g/mol. The van der Waals surface area contributed by atoms with Gasteiger partial charge in [0.25, 0.3) is 0 Å². The van der Waals surface area contributed by atoms with E-state index in [0.717, 1.165) is 18.4 Å². The van der Waals surface area contributed by atoms with Crippen molar-refractivity contribution in [3.8, 4) is 0 Å². The van der Waals surface area contributed by atoms with Crippen LogP contribution in [0, 0.1) is 0 Å². The maximum Gasteiger partial charge on any atom is 0.323 e. The molecule has 2 aromatic rings. The normalized spacial score (nSPS) is 15.5. The minimum Gasteiger partial charge on any atom is -0.407 e. The fraction of sp³-hybridized carbons (Fsp3) is 0.438. The number of amides is 2. The summed E-state index contributed by atoms with van der Waals surface area (Å²) >= 11 is 0. The number of urea groups is 1. The molecule has 0 unspecified atom stereocenters. The van der Waals surface area contributed by atoms with E-state index in [1.165, 1.54) is 19.3 Å². The predicted molar refractivity (Wildman–Crippen MR) is 82.6 cm³/mol. The maximum absolute atomic E-state index is 11.9. The summed E-state index contributed by atoms with van der Waals surface area (Å²) in [7, 11) is 0. The first kappa shape index (κ1) is 14.6. The molecule has 0 bridgehead atoms. The van der Waals surface area contributed by atoms with E-state index in [1.54, 1.807) is 0 Å². The van der Waals surface area contributed by atoms with Crippen LogP contribution in [-0.2, 0) is 6.42 Å². The van der Waals surface area contributed by atoms with Crippen LogP contribution in [0.2, 0.25) is 0 Å². The number of carbonyl (C=O) groups is 1. The average Bonchev–Trinajstić information content (AvgIpc) is 2.96. The van der Waals surface area contributed by atoms with Gasteiger partial charge in [0.2, 0.25) is 5.89 Å².